The van der Waals surface area contributed by atoms with Crippen molar-refractivity contribution in [3.8, 4) is 0 Å². The molecule has 1 N–H and O–H groups in total. The maximum absolute atomic E-state index is 14.7. The van der Waals surface area contributed by atoms with Crippen LogP contribution < -0.4 is 9.62 Å². The van der Waals surface area contributed by atoms with Crippen LogP contribution in [0.15, 0.2) is 102 Å². The van der Waals surface area contributed by atoms with E-state index in [0.29, 0.717) is 21.0 Å². The second-order valence-electron chi connectivity index (χ2n) is 12.7. The Labute approximate surface area is 306 Å². The number of nitrogens with one attached hydrogen (secondary N) is 1. The summed E-state index contributed by atoms with van der Waals surface area (Å²) in [5, 5.41) is 3.67. The molecular formula is C38H38Cl2F3N3O4S. The largest absolute Gasteiger partial charge is 0.416 e. The summed E-state index contributed by atoms with van der Waals surface area (Å²) in [7, 11) is -4.60. The van der Waals surface area contributed by atoms with Gasteiger partial charge >= 0.3 is 6.18 Å². The van der Waals surface area contributed by atoms with Crippen LogP contribution in [0.25, 0.3) is 0 Å². The number of benzene rings is 4. The molecule has 13 heteroatoms. The smallest absolute Gasteiger partial charge is 0.352 e. The molecule has 1 aliphatic rings. The molecule has 0 unspecified atom stereocenters. The predicted octanol–water partition coefficient (Wildman–Crippen LogP) is 8.60. The molecule has 1 fully saturated rings. The van der Waals surface area contributed by atoms with E-state index in [9.17, 15) is 31.2 Å². The number of anilines is 1. The number of aryl methyl sites for hydroxylation is 1. The van der Waals surface area contributed by atoms with Gasteiger partial charge in [0.05, 0.1) is 16.1 Å². The molecule has 270 valence electrons. The van der Waals surface area contributed by atoms with Crippen LogP contribution in [0.5, 0.6) is 0 Å². The van der Waals surface area contributed by atoms with E-state index in [1.165, 1.54) is 29.2 Å². The summed E-state index contributed by atoms with van der Waals surface area (Å²) in [4.78, 5) is 30.0. The Kier molecular flexibility index (Phi) is 12.4. The number of nitrogens with zero attached hydrogens (tertiary/aromatic N) is 2. The summed E-state index contributed by atoms with van der Waals surface area (Å²) in [6.45, 7) is 0.631. The molecule has 0 aliphatic heterocycles. The van der Waals surface area contributed by atoms with Crippen molar-refractivity contribution >= 4 is 50.7 Å². The third-order valence-electron chi connectivity index (χ3n) is 8.93. The number of hydrogen-bond acceptors (Lipinski definition) is 4. The van der Waals surface area contributed by atoms with Gasteiger partial charge in [-0.3, -0.25) is 13.9 Å². The summed E-state index contributed by atoms with van der Waals surface area (Å²) >= 11 is 12.7. The van der Waals surface area contributed by atoms with Gasteiger partial charge in [-0.1, -0.05) is 103 Å². The first-order chi connectivity index (χ1) is 24.2. The third-order valence-corrected chi connectivity index (χ3v) is 11.3. The number of hydrogen-bond donors (Lipinski definition) is 1. The lowest BCUT2D eigenvalue weighted by Crippen LogP contribution is -2.55. The fraction of sp³-hybridized carbons (Fsp3) is 0.316. The molecule has 0 spiro atoms. The SMILES string of the molecule is Cc1ccc(S(=O)(=O)N(CC(=O)N(Cc2ccc(Cl)cc2Cl)[C@H](Cc2ccccc2)C(=O)NC2CCCCC2)c2cccc(C(F)(F)F)c2)cc1. The molecule has 0 aromatic heterocycles. The molecule has 1 atom stereocenters. The van der Waals surface area contributed by atoms with E-state index in [0.717, 1.165) is 55.4 Å². The zero-order chi connectivity index (χ0) is 36.8. The molecule has 0 saturated heterocycles. The highest BCUT2D eigenvalue weighted by Crippen LogP contribution is 2.34. The second kappa shape index (κ2) is 16.5. The molecular weight excluding hydrogens is 722 g/mol. The molecule has 0 radical (unpaired) electrons. The second-order valence-corrected chi connectivity index (χ2v) is 15.4. The Balaban J connectivity index is 1.61. The number of carbonyl (C=O) groups is 2. The van der Waals surface area contributed by atoms with Crippen molar-refractivity contribution in [1.29, 1.82) is 0 Å². The van der Waals surface area contributed by atoms with Crippen LogP contribution in [0.3, 0.4) is 0 Å². The van der Waals surface area contributed by atoms with Gasteiger partial charge in [0.25, 0.3) is 10.0 Å². The van der Waals surface area contributed by atoms with E-state index in [1.807, 2.05) is 18.2 Å². The Bertz CT molecular complexity index is 1940. The third kappa shape index (κ3) is 9.84. The van der Waals surface area contributed by atoms with Gasteiger partial charge < -0.3 is 10.2 Å². The Morgan fingerprint density at radius 2 is 1.57 bits per heavy atom. The molecule has 4 aromatic rings. The van der Waals surface area contributed by atoms with Gasteiger partial charge in [0, 0.05) is 29.1 Å². The summed E-state index contributed by atoms with van der Waals surface area (Å²) in [6, 6.07) is 22.1. The Morgan fingerprint density at radius 1 is 0.882 bits per heavy atom. The van der Waals surface area contributed by atoms with E-state index in [1.54, 1.807) is 43.3 Å². The average Bonchev–Trinajstić information content (AvgIpc) is 3.10. The van der Waals surface area contributed by atoms with E-state index < -0.39 is 46.2 Å². The summed E-state index contributed by atoms with van der Waals surface area (Å²) in [5.74, 6) is -1.26. The average molecular weight is 761 g/mol. The fourth-order valence-corrected chi connectivity index (χ4v) is 8.01. The molecule has 4 aromatic carbocycles. The van der Waals surface area contributed by atoms with Gasteiger partial charge in [-0.05, 0) is 73.4 Å². The van der Waals surface area contributed by atoms with Crippen molar-refractivity contribution in [2.45, 2.75) is 75.1 Å². The van der Waals surface area contributed by atoms with Crippen LogP contribution >= 0.6 is 23.2 Å². The van der Waals surface area contributed by atoms with Gasteiger partial charge in [-0.2, -0.15) is 13.2 Å². The van der Waals surface area contributed by atoms with Gasteiger partial charge in [0.15, 0.2) is 0 Å². The van der Waals surface area contributed by atoms with Crippen LogP contribution in [-0.2, 0) is 38.8 Å². The Hall–Kier alpha value is -4.06. The van der Waals surface area contributed by atoms with E-state index in [2.05, 4.69) is 5.32 Å². The maximum Gasteiger partial charge on any atom is 0.416 e. The minimum atomic E-state index is -4.78. The molecule has 2 amide bonds. The minimum Gasteiger partial charge on any atom is -0.352 e. The summed E-state index contributed by atoms with van der Waals surface area (Å²) < 4.78 is 70.8. The Morgan fingerprint density at radius 3 is 2.22 bits per heavy atom. The number of amides is 2. The first-order valence-electron chi connectivity index (χ1n) is 16.6. The normalized spacial score (nSPS) is 14.5. The van der Waals surface area contributed by atoms with Crippen molar-refractivity contribution in [2.75, 3.05) is 10.8 Å². The van der Waals surface area contributed by atoms with Crippen molar-refractivity contribution in [3.63, 3.8) is 0 Å². The van der Waals surface area contributed by atoms with Crippen molar-refractivity contribution in [2.24, 2.45) is 0 Å². The fourth-order valence-electron chi connectivity index (χ4n) is 6.14. The molecule has 0 bridgehead atoms. The topological polar surface area (TPSA) is 86.8 Å². The van der Waals surface area contributed by atoms with Crippen LogP contribution in [0, 0.1) is 6.92 Å². The zero-order valence-corrected chi connectivity index (χ0v) is 30.2. The number of sulfonamides is 1. The van der Waals surface area contributed by atoms with Crippen LogP contribution in [0.4, 0.5) is 18.9 Å². The first-order valence-corrected chi connectivity index (χ1v) is 18.8. The lowest BCUT2D eigenvalue weighted by molar-refractivity contribution is -0.140. The molecule has 1 aliphatic carbocycles. The van der Waals surface area contributed by atoms with E-state index in [4.69, 9.17) is 23.2 Å². The number of carbonyl (C=O) groups excluding carboxylic acids is 2. The highest BCUT2D eigenvalue weighted by atomic mass is 35.5. The lowest BCUT2D eigenvalue weighted by Gasteiger charge is -2.35. The molecule has 7 nitrogen and oxygen atoms in total. The van der Waals surface area contributed by atoms with Gasteiger partial charge in [0.2, 0.25) is 11.8 Å². The first kappa shape index (κ1) is 38.2. The number of alkyl halides is 3. The molecule has 0 heterocycles. The van der Waals surface area contributed by atoms with E-state index in [-0.39, 0.29) is 34.6 Å². The molecule has 51 heavy (non-hydrogen) atoms. The van der Waals surface area contributed by atoms with Crippen LogP contribution in [-0.4, -0.2) is 43.8 Å². The highest BCUT2D eigenvalue weighted by molar-refractivity contribution is 7.92. The number of halogens is 5. The lowest BCUT2D eigenvalue weighted by atomic mass is 9.94. The highest BCUT2D eigenvalue weighted by Gasteiger charge is 2.37. The monoisotopic (exact) mass is 759 g/mol. The van der Waals surface area contributed by atoms with Crippen LogP contribution in [0.1, 0.15) is 54.4 Å². The zero-order valence-electron chi connectivity index (χ0n) is 27.9. The maximum atomic E-state index is 14.7. The van der Waals surface area contributed by atoms with Crippen LogP contribution in [0.2, 0.25) is 10.0 Å². The molecule has 1 saturated carbocycles. The van der Waals surface area contributed by atoms with Crippen molar-refractivity contribution in [1.82, 2.24) is 10.2 Å². The van der Waals surface area contributed by atoms with E-state index >= 15 is 0 Å². The number of rotatable bonds is 12. The van der Waals surface area contributed by atoms with Gasteiger partial charge in [-0.15, -0.1) is 0 Å². The quantitative estimate of drug-likeness (QED) is 0.157. The van der Waals surface area contributed by atoms with Gasteiger partial charge in [-0.25, -0.2) is 8.42 Å². The summed E-state index contributed by atoms with van der Waals surface area (Å²) in [5.41, 5.74) is 0.479. The molecule has 5 rings (SSSR count). The predicted molar refractivity (Wildman–Crippen MR) is 193 cm³/mol. The van der Waals surface area contributed by atoms with Gasteiger partial charge in [0.1, 0.15) is 12.6 Å². The van der Waals surface area contributed by atoms with Crippen molar-refractivity contribution in [3.05, 3.63) is 129 Å². The van der Waals surface area contributed by atoms with Crippen molar-refractivity contribution < 1.29 is 31.2 Å². The summed E-state index contributed by atoms with van der Waals surface area (Å²) in [6.07, 6.45) is -0.211. The minimum absolute atomic E-state index is 0.0740. The standard InChI is InChI=1S/C38H38Cl2F3N3O4S/c1-26-15-19-33(20-16-26)51(49,50)46(32-14-8-11-29(22-32)38(41,42)43)25-36(47)45(24-28-17-18-30(39)23-34(28)40)35(21-27-9-4-2-5-10-27)37(48)44-31-12-6-3-7-13-31/h2,4-5,8-11,14-20,22-23,31,35H,3,6-7,12-13,21,24-25H2,1H3,(H,44,48)/t35-/m1/s1.